The van der Waals surface area contributed by atoms with Gasteiger partial charge in [0.2, 0.25) is 0 Å². The van der Waals surface area contributed by atoms with Gasteiger partial charge in [0.25, 0.3) is 5.69 Å². The number of allylic oxidation sites excluding steroid dienone is 2. The van der Waals surface area contributed by atoms with E-state index >= 15 is 0 Å². The predicted octanol–water partition coefficient (Wildman–Crippen LogP) is 5.24. The van der Waals surface area contributed by atoms with Gasteiger partial charge in [0.15, 0.2) is 25.1 Å². The van der Waals surface area contributed by atoms with E-state index in [0.29, 0.717) is 17.9 Å². The summed E-state index contributed by atoms with van der Waals surface area (Å²) in [6.45, 7) is 4.26. The van der Waals surface area contributed by atoms with Gasteiger partial charge < -0.3 is 18.9 Å². The Balaban J connectivity index is 2.40. The van der Waals surface area contributed by atoms with Crippen LogP contribution >= 0.6 is 0 Å². The molecule has 0 fully saturated rings. The van der Waals surface area contributed by atoms with Gasteiger partial charge in [-0.25, -0.2) is 0 Å². The van der Waals surface area contributed by atoms with E-state index in [1.54, 1.807) is 26.4 Å². The Labute approximate surface area is 176 Å². The van der Waals surface area contributed by atoms with Crippen LogP contribution in [0.5, 0.6) is 11.5 Å². The molecule has 0 aliphatic heterocycles. The Bertz CT molecular complexity index is 899. The lowest BCUT2D eigenvalue weighted by Crippen LogP contribution is -2.07. The van der Waals surface area contributed by atoms with E-state index in [1.165, 1.54) is 17.7 Å². The summed E-state index contributed by atoms with van der Waals surface area (Å²) in [5.74, 6) is 1.16. The fourth-order valence-corrected chi connectivity index (χ4v) is 2.66. The maximum atomic E-state index is 10.8. The van der Waals surface area contributed by atoms with Gasteiger partial charge in [-0.05, 0) is 55.7 Å². The zero-order valence-corrected chi connectivity index (χ0v) is 17.7. The Morgan fingerprint density at radius 1 is 0.967 bits per heavy atom. The maximum absolute atomic E-state index is 10.8. The summed E-state index contributed by atoms with van der Waals surface area (Å²) in [5, 5.41) is 10.8. The molecule has 7 nitrogen and oxygen atoms in total. The number of hydrogen-bond donors (Lipinski definition) is 0. The minimum absolute atomic E-state index is 0.0612. The molecule has 0 unspecified atom stereocenters. The third-order valence-corrected chi connectivity index (χ3v) is 4.11. The van der Waals surface area contributed by atoms with E-state index < -0.39 is 4.92 Å². The van der Waals surface area contributed by atoms with Crippen molar-refractivity contribution in [2.45, 2.75) is 20.3 Å². The van der Waals surface area contributed by atoms with Crippen molar-refractivity contribution in [2.24, 2.45) is 0 Å². The van der Waals surface area contributed by atoms with Crippen LogP contribution < -0.4 is 9.47 Å². The standard InChI is InChI=1S/C23H27NO6/c1-17(2)5-10-20-13-19(7-6-18-8-11-21(12-9-18)24(25)26)14-22(29-15-27-3)23(20)30-16-28-4/h5-9,11-14H,10,15-16H2,1-4H3. The van der Waals surface area contributed by atoms with E-state index in [0.717, 1.165) is 16.7 Å². The number of nitro benzene ring substituents is 1. The fraction of sp³-hybridized carbons (Fsp3) is 0.304. The number of hydrogen-bond acceptors (Lipinski definition) is 6. The molecule has 2 aromatic carbocycles. The summed E-state index contributed by atoms with van der Waals surface area (Å²) in [6.07, 6.45) is 6.59. The lowest BCUT2D eigenvalue weighted by Gasteiger charge is -2.16. The van der Waals surface area contributed by atoms with Crippen molar-refractivity contribution < 1.29 is 23.9 Å². The molecule has 0 aliphatic rings. The SMILES string of the molecule is COCOc1cc(C=Cc2ccc([N+](=O)[O-])cc2)cc(CC=C(C)C)c1OCOC. The molecule has 0 aromatic heterocycles. The Morgan fingerprint density at radius 3 is 2.20 bits per heavy atom. The number of nitro groups is 1. The van der Waals surface area contributed by atoms with Gasteiger partial charge in [-0.1, -0.05) is 23.8 Å². The van der Waals surface area contributed by atoms with Crippen LogP contribution in [0, 0.1) is 10.1 Å². The lowest BCUT2D eigenvalue weighted by atomic mass is 10.0. The van der Waals surface area contributed by atoms with Gasteiger partial charge in [0, 0.05) is 31.9 Å². The second kappa shape index (κ2) is 11.7. The summed E-state index contributed by atoms with van der Waals surface area (Å²) in [7, 11) is 3.12. The quantitative estimate of drug-likeness (QED) is 0.165. The van der Waals surface area contributed by atoms with E-state index in [-0.39, 0.29) is 19.3 Å². The Morgan fingerprint density at radius 2 is 1.60 bits per heavy atom. The van der Waals surface area contributed by atoms with E-state index in [9.17, 15) is 10.1 Å². The van der Waals surface area contributed by atoms with Gasteiger partial charge in [0.05, 0.1) is 4.92 Å². The predicted molar refractivity (Wildman–Crippen MR) is 117 cm³/mol. The van der Waals surface area contributed by atoms with Crippen LogP contribution in [0.1, 0.15) is 30.5 Å². The summed E-state index contributed by atoms with van der Waals surface area (Å²) < 4.78 is 21.6. The molecule has 160 valence electrons. The van der Waals surface area contributed by atoms with Crippen molar-refractivity contribution in [1.29, 1.82) is 0 Å². The van der Waals surface area contributed by atoms with Crippen LogP contribution in [0.4, 0.5) is 5.69 Å². The average molecular weight is 413 g/mol. The lowest BCUT2D eigenvalue weighted by molar-refractivity contribution is -0.384. The first kappa shape index (κ1) is 23.1. The molecular formula is C23H27NO6. The van der Waals surface area contributed by atoms with Crippen LogP contribution in [0.15, 0.2) is 48.0 Å². The van der Waals surface area contributed by atoms with E-state index in [1.807, 2.05) is 38.1 Å². The van der Waals surface area contributed by atoms with Crippen molar-refractivity contribution in [3.05, 3.63) is 74.9 Å². The number of ether oxygens (including phenoxy) is 4. The molecule has 0 radical (unpaired) electrons. The highest BCUT2D eigenvalue weighted by molar-refractivity contribution is 5.72. The third kappa shape index (κ3) is 7.02. The minimum atomic E-state index is -0.416. The molecule has 30 heavy (non-hydrogen) atoms. The third-order valence-electron chi connectivity index (χ3n) is 4.11. The molecule has 0 atom stereocenters. The second-order valence-electron chi connectivity index (χ2n) is 6.78. The van der Waals surface area contributed by atoms with Gasteiger partial charge in [-0.3, -0.25) is 10.1 Å². The number of nitrogens with zero attached hydrogens (tertiary/aromatic N) is 1. The Kier molecular flexibility index (Phi) is 9.05. The van der Waals surface area contributed by atoms with Crippen LogP contribution in [0.25, 0.3) is 12.2 Å². The van der Waals surface area contributed by atoms with Gasteiger partial charge in [-0.15, -0.1) is 0 Å². The summed E-state index contributed by atoms with van der Waals surface area (Å²) in [6, 6.07) is 10.3. The first-order valence-corrected chi connectivity index (χ1v) is 9.41. The first-order chi connectivity index (χ1) is 14.4. The van der Waals surface area contributed by atoms with Crippen molar-refractivity contribution in [3.63, 3.8) is 0 Å². The highest BCUT2D eigenvalue weighted by Gasteiger charge is 2.13. The van der Waals surface area contributed by atoms with Crippen molar-refractivity contribution >= 4 is 17.8 Å². The monoisotopic (exact) mass is 413 g/mol. The van der Waals surface area contributed by atoms with Crippen LogP contribution in [-0.2, 0) is 15.9 Å². The summed E-state index contributed by atoms with van der Waals surface area (Å²) in [4.78, 5) is 10.4. The number of rotatable bonds is 11. The molecule has 0 spiro atoms. The Hall–Kier alpha value is -3.16. The smallest absolute Gasteiger partial charge is 0.269 e. The average Bonchev–Trinajstić information content (AvgIpc) is 2.73. The summed E-state index contributed by atoms with van der Waals surface area (Å²) >= 11 is 0. The zero-order chi connectivity index (χ0) is 21.9. The van der Waals surface area contributed by atoms with Crippen LogP contribution in [0.3, 0.4) is 0 Å². The highest BCUT2D eigenvalue weighted by atomic mass is 16.7. The summed E-state index contributed by atoms with van der Waals surface area (Å²) in [5.41, 5.74) is 3.96. The first-order valence-electron chi connectivity index (χ1n) is 9.41. The normalized spacial score (nSPS) is 10.8. The molecule has 0 bridgehead atoms. The molecule has 0 saturated carbocycles. The van der Waals surface area contributed by atoms with Gasteiger partial charge >= 0.3 is 0 Å². The number of benzene rings is 2. The molecular weight excluding hydrogens is 386 g/mol. The van der Waals surface area contributed by atoms with Gasteiger partial charge in [0.1, 0.15) is 0 Å². The minimum Gasteiger partial charge on any atom is -0.464 e. The van der Waals surface area contributed by atoms with E-state index in [2.05, 4.69) is 6.08 Å². The van der Waals surface area contributed by atoms with Crippen molar-refractivity contribution in [1.82, 2.24) is 0 Å². The molecule has 7 heteroatoms. The molecule has 2 rings (SSSR count). The molecule has 0 saturated heterocycles. The molecule has 0 aliphatic carbocycles. The highest BCUT2D eigenvalue weighted by Crippen LogP contribution is 2.35. The molecule has 2 aromatic rings. The van der Waals surface area contributed by atoms with Gasteiger partial charge in [-0.2, -0.15) is 0 Å². The zero-order valence-electron chi connectivity index (χ0n) is 17.7. The maximum Gasteiger partial charge on any atom is 0.269 e. The molecule has 0 N–H and O–H groups in total. The van der Waals surface area contributed by atoms with Crippen molar-refractivity contribution in [3.8, 4) is 11.5 Å². The second-order valence-corrected chi connectivity index (χ2v) is 6.78. The van der Waals surface area contributed by atoms with Crippen molar-refractivity contribution in [2.75, 3.05) is 27.8 Å². The largest absolute Gasteiger partial charge is 0.464 e. The fourth-order valence-electron chi connectivity index (χ4n) is 2.66. The van der Waals surface area contributed by atoms with Crippen LogP contribution in [-0.4, -0.2) is 32.7 Å². The molecule has 0 amide bonds. The van der Waals surface area contributed by atoms with E-state index in [4.69, 9.17) is 18.9 Å². The van der Waals surface area contributed by atoms with Crippen LogP contribution in [0.2, 0.25) is 0 Å². The molecule has 0 heterocycles. The number of methoxy groups -OCH3 is 2. The topological polar surface area (TPSA) is 80.1 Å². The number of non-ortho nitro benzene ring substituents is 1.